The van der Waals surface area contributed by atoms with Crippen molar-refractivity contribution in [2.24, 2.45) is 0 Å². The van der Waals surface area contributed by atoms with Crippen LogP contribution in [0, 0.1) is 0 Å². The number of aryl methyl sites for hydroxylation is 1. The molecule has 1 amide bonds. The number of carbonyl (C=O) groups is 1. The maximum atomic E-state index is 12.1. The topological polar surface area (TPSA) is 101 Å². The quantitative estimate of drug-likeness (QED) is 0.456. The van der Waals surface area contributed by atoms with Gasteiger partial charge in [-0.1, -0.05) is 36.7 Å². The first-order chi connectivity index (χ1) is 13.3. The monoisotopic (exact) mass is 385 g/mol. The standard InChI is InChI=1S/C18H23N7OS/c26-17(12-27-18-22-23-24-25(18)13-6-1-2-7-13)19-11-5-10-16-20-14-8-3-4-9-15(14)21-16/h3-4,8-9,13H,1-2,5-7,10-12H2,(H,19,26)(H,20,21). The third-order valence-electron chi connectivity index (χ3n) is 4.82. The number of hydrogen-bond acceptors (Lipinski definition) is 6. The lowest BCUT2D eigenvalue weighted by molar-refractivity contribution is -0.118. The molecule has 2 N–H and O–H groups in total. The highest BCUT2D eigenvalue weighted by Crippen LogP contribution is 2.31. The van der Waals surface area contributed by atoms with Crippen LogP contribution < -0.4 is 5.32 Å². The number of tetrazole rings is 1. The van der Waals surface area contributed by atoms with Crippen LogP contribution in [0.4, 0.5) is 0 Å². The third-order valence-corrected chi connectivity index (χ3v) is 5.75. The van der Waals surface area contributed by atoms with Crippen LogP contribution in [0.5, 0.6) is 0 Å². The maximum absolute atomic E-state index is 12.1. The second-order valence-corrected chi connectivity index (χ2v) is 7.73. The Morgan fingerprint density at radius 3 is 3.00 bits per heavy atom. The number of carbonyl (C=O) groups excluding carboxylic acids is 1. The molecule has 0 atom stereocenters. The molecule has 27 heavy (non-hydrogen) atoms. The zero-order valence-electron chi connectivity index (χ0n) is 15.1. The SMILES string of the molecule is O=C(CSc1nnnn1C1CCCC1)NCCCc1nc2ccccc2[nH]1. The van der Waals surface area contributed by atoms with E-state index in [1.54, 1.807) is 0 Å². The normalized spacial score (nSPS) is 14.8. The van der Waals surface area contributed by atoms with E-state index < -0.39 is 0 Å². The molecule has 0 unspecified atom stereocenters. The Morgan fingerprint density at radius 1 is 1.30 bits per heavy atom. The first-order valence-corrected chi connectivity index (χ1v) is 10.4. The van der Waals surface area contributed by atoms with E-state index in [0.717, 1.165) is 47.7 Å². The minimum atomic E-state index is 0.00516. The second kappa shape index (κ2) is 8.51. The fourth-order valence-electron chi connectivity index (χ4n) is 3.45. The summed E-state index contributed by atoms with van der Waals surface area (Å²) in [5, 5.41) is 15.6. The molecule has 1 fully saturated rings. The molecule has 9 heteroatoms. The van der Waals surface area contributed by atoms with Gasteiger partial charge in [0.15, 0.2) is 0 Å². The van der Waals surface area contributed by atoms with Crippen molar-refractivity contribution in [3.8, 4) is 0 Å². The molecule has 1 aliphatic rings. The van der Waals surface area contributed by atoms with Gasteiger partial charge < -0.3 is 10.3 Å². The zero-order chi connectivity index (χ0) is 18.5. The number of aromatic nitrogens is 6. The average molecular weight is 385 g/mol. The molecule has 0 aliphatic heterocycles. The summed E-state index contributed by atoms with van der Waals surface area (Å²) in [4.78, 5) is 19.9. The summed E-state index contributed by atoms with van der Waals surface area (Å²) in [7, 11) is 0. The smallest absolute Gasteiger partial charge is 0.230 e. The number of thioether (sulfide) groups is 1. The van der Waals surface area contributed by atoms with Gasteiger partial charge in [-0.05, 0) is 41.8 Å². The highest BCUT2D eigenvalue weighted by atomic mass is 32.2. The first kappa shape index (κ1) is 18.0. The van der Waals surface area contributed by atoms with Crippen LogP contribution in [0.25, 0.3) is 11.0 Å². The van der Waals surface area contributed by atoms with E-state index in [1.807, 2.05) is 28.9 Å². The van der Waals surface area contributed by atoms with Crippen molar-refractivity contribution in [3.63, 3.8) is 0 Å². The maximum Gasteiger partial charge on any atom is 0.230 e. The van der Waals surface area contributed by atoms with Crippen LogP contribution in [-0.2, 0) is 11.2 Å². The molecule has 0 bridgehead atoms. The Hall–Kier alpha value is -2.42. The summed E-state index contributed by atoms with van der Waals surface area (Å²) >= 11 is 1.40. The molecule has 8 nitrogen and oxygen atoms in total. The Balaban J connectivity index is 1.18. The first-order valence-electron chi connectivity index (χ1n) is 9.40. The lowest BCUT2D eigenvalue weighted by Crippen LogP contribution is -2.26. The number of fused-ring (bicyclic) bond motifs is 1. The van der Waals surface area contributed by atoms with E-state index in [-0.39, 0.29) is 5.91 Å². The van der Waals surface area contributed by atoms with Crippen LogP contribution in [0.2, 0.25) is 0 Å². The number of hydrogen-bond donors (Lipinski definition) is 2. The number of nitrogens with zero attached hydrogens (tertiary/aromatic N) is 5. The molecule has 2 heterocycles. The Kier molecular flexibility index (Phi) is 5.66. The zero-order valence-corrected chi connectivity index (χ0v) is 15.9. The highest BCUT2D eigenvalue weighted by Gasteiger charge is 2.22. The number of imidazole rings is 1. The van der Waals surface area contributed by atoms with Crippen molar-refractivity contribution in [2.75, 3.05) is 12.3 Å². The predicted molar refractivity (Wildman–Crippen MR) is 103 cm³/mol. The van der Waals surface area contributed by atoms with Gasteiger partial charge in [-0.15, -0.1) is 5.10 Å². The Morgan fingerprint density at radius 2 is 2.15 bits per heavy atom. The summed E-state index contributed by atoms with van der Waals surface area (Å²) in [6.07, 6.45) is 6.33. The summed E-state index contributed by atoms with van der Waals surface area (Å²) in [5.41, 5.74) is 2.03. The van der Waals surface area contributed by atoms with E-state index in [0.29, 0.717) is 18.3 Å². The van der Waals surface area contributed by atoms with Crippen molar-refractivity contribution in [1.82, 2.24) is 35.5 Å². The predicted octanol–water partition coefficient (Wildman–Crippen LogP) is 2.51. The minimum absolute atomic E-state index is 0.00516. The molecule has 2 aromatic heterocycles. The molecule has 1 aliphatic carbocycles. The molecule has 142 valence electrons. The van der Waals surface area contributed by atoms with E-state index in [4.69, 9.17) is 0 Å². The molecule has 1 saturated carbocycles. The van der Waals surface area contributed by atoms with Gasteiger partial charge in [-0.3, -0.25) is 4.79 Å². The van der Waals surface area contributed by atoms with E-state index >= 15 is 0 Å². The van der Waals surface area contributed by atoms with E-state index in [2.05, 4.69) is 30.8 Å². The van der Waals surface area contributed by atoms with Crippen LogP contribution in [0.3, 0.4) is 0 Å². The summed E-state index contributed by atoms with van der Waals surface area (Å²) < 4.78 is 1.88. The lowest BCUT2D eigenvalue weighted by atomic mass is 10.3. The number of para-hydroxylation sites is 2. The van der Waals surface area contributed by atoms with Crippen molar-refractivity contribution in [1.29, 1.82) is 0 Å². The van der Waals surface area contributed by atoms with Gasteiger partial charge in [0, 0.05) is 13.0 Å². The van der Waals surface area contributed by atoms with E-state index in [1.165, 1.54) is 24.6 Å². The van der Waals surface area contributed by atoms with Crippen LogP contribution >= 0.6 is 11.8 Å². The number of amides is 1. The largest absolute Gasteiger partial charge is 0.355 e. The fraction of sp³-hybridized carbons (Fsp3) is 0.500. The van der Waals surface area contributed by atoms with Gasteiger partial charge in [0.25, 0.3) is 0 Å². The van der Waals surface area contributed by atoms with Gasteiger partial charge >= 0.3 is 0 Å². The van der Waals surface area contributed by atoms with Gasteiger partial charge in [-0.25, -0.2) is 9.67 Å². The molecule has 0 radical (unpaired) electrons. The molecule has 0 saturated heterocycles. The van der Waals surface area contributed by atoms with Gasteiger partial charge in [-0.2, -0.15) is 0 Å². The van der Waals surface area contributed by atoms with Crippen molar-refractivity contribution in [3.05, 3.63) is 30.1 Å². The van der Waals surface area contributed by atoms with Crippen molar-refractivity contribution in [2.45, 2.75) is 49.7 Å². The molecule has 0 spiro atoms. The highest BCUT2D eigenvalue weighted by molar-refractivity contribution is 7.99. The summed E-state index contributed by atoms with van der Waals surface area (Å²) in [6, 6.07) is 8.37. The van der Waals surface area contributed by atoms with E-state index in [9.17, 15) is 4.79 Å². The number of rotatable bonds is 8. The van der Waals surface area contributed by atoms with Crippen molar-refractivity contribution < 1.29 is 4.79 Å². The number of H-pyrrole nitrogens is 1. The Labute approximate surface area is 161 Å². The molecular weight excluding hydrogens is 362 g/mol. The van der Waals surface area contributed by atoms with Crippen LogP contribution in [-0.4, -0.2) is 48.4 Å². The average Bonchev–Trinajstić information content (AvgIpc) is 3.43. The number of aromatic amines is 1. The van der Waals surface area contributed by atoms with Crippen LogP contribution in [0.1, 0.15) is 44.0 Å². The molecule has 3 aromatic rings. The molecular formula is C18H23N7OS. The molecule has 1 aromatic carbocycles. The fourth-order valence-corrected chi connectivity index (χ4v) is 4.22. The van der Waals surface area contributed by atoms with Crippen molar-refractivity contribution >= 4 is 28.7 Å². The summed E-state index contributed by atoms with van der Waals surface area (Å²) in [6.45, 7) is 0.629. The minimum Gasteiger partial charge on any atom is -0.355 e. The Bertz CT molecular complexity index is 867. The molecule has 4 rings (SSSR count). The third kappa shape index (κ3) is 4.47. The van der Waals surface area contributed by atoms with Gasteiger partial charge in [0.2, 0.25) is 11.1 Å². The summed E-state index contributed by atoms with van der Waals surface area (Å²) in [5.74, 6) is 1.29. The lowest BCUT2D eigenvalue weighted by Gasteiger charge is -2.10. The van der Waals surface area contributed by atoms with Gasteiger partial charge in [0.1, 0.15) is 5.82 Å². The number of nitrogens with one attached hydrogen (secondary N) is 2. The second-order valence-electron chi connectivity index (χ2n) is 6.79. The van der Waals surface area contributed by atoms with Crippen LogP contribution in [0.15, 0.2) is 29.4 Å². The number of benzene rings is 1. The van der Waals surface area contributed by atoms with Gasteiger partial charge in [0.05, 0.1) is 22.8 Å².